The van der Waals surface area contributed by atoms with E-state index in [0.717, 1.165) is 9.87 Å². The Morgan fingerprint density at radius 1 is 1.28 bits per heavy atom. The van der Waals surface area contributed by atoms with Gasteiger partial charge < -0.3 is 16.4 Å². The van der Waals surface area contributed by atoms with Crippen LogP contribution in [0, 0.1) is 6.92 Å². The van der Waals surface area contributed by atoms with Gasteiger partial charge in [-0.05, 0) is 43.9 Å². The van der Waals surface area contributed by atoms with Gasteiger partial charge in [0.15, 0.2) is 0 Å². The molecule has 6 N–H and O–H groups in total. The van der Waals surface area contributed by atoms with Crippen LogP contribution in [0.15, 0.2) is 29.2 Å². The van der Waals surface area contributed by atoms with Crippen LogP contribution >= 0.6 is 11.8 Å². The van der Waals surface area contributed by atoms with E-state index in [0.29, 0.717) is 12.2 Å². The number of nitrogens with two attached hydrogens (primary N) is 1. The summed E-state index contributed by atoms with van der Waals surface area (Å²) in [6.07, 6.45) is 2.33. The molecule has 0 saturated carbocycles. The number of hydroxylamine groups is 1. The fraction of sp³-hybridized carbons (Fsp3) is 0.526. The van der Waals surface area contributed by atoms with Gasteiger partial charge >= 0.3 is 0 Å². The van der Waals surface area contributed by atoms with Crippen LogP contribution in [0.1, 0.15) is 18.4 Å². The highest BCUT2D eigenvalue weighted by Crippen LogP contribution is 2.27. The van der Waals surface area contributed by atoms with E-state index in [2.05, 4.69) is 10.6 Å². The number of nitrogens with zero attached hydrogens (tertiary/aromatic N) is 1. The molecule has 1 aliphatic rings. The molecule has 1 saturated heterocycles. The molecule has 32 heavy (non-hydrogen) atoms. The van der Waals surface area contributed by atoms with Crippen molar-refractivity contribution in [2.24, 2.45) is 5.73 Å². The summed E-state index contributed by atoms with van der Waals surface area (Å²) in [4.78, 5) is 36.3. The molecule has 13 heteroatoms. The number of amides is 3. The van der Waals surface area contributed by atoms with Gasteiger partial charge in [-0.2, -0.15) is 16.1 Å². The van der Waals surface area contributed by atoms with E-state index in [-0.39, 0.29) is 24.4 Å². The highest BCUT2D eigenvalue weighted by molar-refractivity contribution is 7.98. The zero-order valence-electron chi connectivity index (χ0n) is 17.9. The molecule has 0 spiro atoms. The molecule has 1 aromatic rings. The van der Waals surface area contributed by atoms with E-state index in [4.69, 9.17) is 10.9 Å². The van der Waals surface area contributed by atoms with Crippen molar-refractivity contribution < 1.29 is 28.0 Å². The minimum Gasteiger partial charge on any atom is -0.350 e. The van der Waals surface area contributed by atoms with Crippen LogP contribution in [-0.2, 0) is 24.4 Å². The minimum atomic E-state index is -4.05. The number of hydrogen-bond donors (Lipinski definition) is 5. The lowest BCUT2D eigenvalue weighted by Crippen LogP contribution is -2.47. The number of carbonyl (C=O) groups excluding carboxylic acids is 3. The van der Waals surface area contributed by atoms with Crippen LogP contribution in [0.4, 0.5) is 0 Å². The first-order valence-corrected chi connectivity index (χ1v) is 12.8. The molecule has 0 bridgehead atoms. The summed E-state index contributed by atoms with van der Waals surface area (Å²) in [5, 5.41) is 14.1. The van der Waals surface area contributed by atoms with Gasteiger partial charge in [0.2, 0.25) is 21.8 Å². The Labute approximate surface area is 191 Å². The number of aryl methyl sites for hydroxylation is 1. The van der Waals surface area contributed by atoms with Crippen LogP contribution in [0.25, 0.3) is 0 Å². The molecule has 0 aromatic heterocycles. The van der Waals surface area contributed by atoms with E-state index in [1.807, 2.05) is 13.2 Å². The first-order valence-electron chi connectivity index (χ1n) is 9.94. The lowest BCUT2D eigenvalue weighted by molar-refractivity contribution is -0.132. The van der Waals surface area contributed by atoms with Crippen LogP contribution in [0.3, 0.4) is 0 Å². The Kier molecular flexibility index (Phi) is 9.46. The summed E-state index contributed by atoms with van der Waals surface area (Å²) in [6, 6.07) is 3.51. The van der Waals surface area contributed by atoms with Gasteiger partial charge in [0.05, 0.1) is 17.5 Å². The van der Waals surface area contributed by atoms with Crippen molar-refractivity contribution in [3.63, 3.8) is 0 Å². The summed E-state index contributed by atoms with van der Waals surface area (Å²) in [5.74, 6) is -1.19. The highest BCUT2D eigenvalue weighted by Gasteiger charge is 2.44. The molecule has 1 aromatic carbocycles. The van der Waals surface area contributed by atoms with E-state index < -0.39 is 45.9 Å². The molecule has 1 fully saturated rings. The highest BCUT2D eigenvalue weighted by atomic mass is 32.2. The summed E-state index contributed by atoms with van der Waals surface area (Å²) < 4.78 is 27.1. The Morgan fingerprint density at radius 2 is 1.94 bits per heavy atom. The fourth-order valence-corrected chi connectivity index (χ4v) is 5.42. The zero-order chi connectivity index (χ0) is 23.9. The number of sulfonamides is 1. The zero-order valence-corrected chi connectivity index (χ0v) is 19.5. The fourth-order valence-electron chi connectivity index (χ4n) is 3.29. The average molecular weight is 488 g/mol. The van der Waals surface area contributed by atoms with Gasteiger partial charge in [-0.15, -0.1) is 0 Å². The van der Waals surface area contributed by atoms with Gasteiger partial charge in [-0.3, -0.25) is 19.6 Å². The second-order valence-electron chi connectivity index (χ2n) is 7.49. The van der Waals surface area contributed by atoms with Gasteiger partial charge in [-0.25, -0.2) is 13.9 Å². The Morgan fingerprint density at radius 3 is 2.53 bits per heavy atom. The van der Waals surface area contributed by atoms with Gasteiger partial charge in [0.25, 0.3) is 5.91 Å². The molecule has 0 aliphatic carbocycles. The largest absolute Gasteiger partial charge is 0.350 e. The molecular weight excluding hydrogens is 458 g/mol. The number of nitrogens with one attached hydrogen (secondary N) is 3. The summed E-state index contributed by atoms with van der Waals surface area (Å²) in [6.45, 7) is 1.32. The standard InChI is InChI=1S/C19H29N5O6S2/c1-12-3-5-14(6-4-12)32(29,30)24-11-13(9-16(24)19(27)23-28)22-17(25)10-21-18(26)15(20)7-8-31-2/h3-6,13,15-16,28H,7-11,20H2,1-2H3,(H,21,26)(H,22,25)(H,23,27)/t13-,15-,16-/m0/s1. The topological polar surface area (TPSA) is 171 Å². The summed E-state index contributed by atoms with van der Waals surface area (Å²) in [7, 11) is -4.05. The molecular formula is C19H29N5O6S2. The van der Waals surface area contributed by atoms with Gasteiger partial charge in [0, 0.05) is 12.6 Å². The lowest BCUT2D eigenvalue weighted by Gasteiger charge is -2.22. The SMILES string of the molecule is CSCC[C@H](N)C(=O)NCC(=O)N[C@H]1C[C@@H](C(=O)NO)N(S(=O)(=O)c2ccc(C)cc2)C1. The quantitative estimate of drug-likeness (QED) is 0.205. The van der Waals surface area contributed by atoms with Crippen molar-refractivity contribution >= 4 is 39.5 Å². The third kappa shape index (κ3) is 6.65. The first kappa shape index (κ1) is 26.1. The second kappa shape index (κ2) is 11.6. The third-order valence-electron chi connectivity index (χ3n) is 5.05. The molecule has 178 valence electrons. The smallest absolute Gasteiger partial charge is 0.261 e. The van der Waals surface area contributed by atoms with Crippen molar-refractivity contribution in [2.75, 3.05) is 25.1 Å². The molecule has 1 heterocycles. The normalized spacial score (nSPS) is 19.9. The Hall–Kier alpha value is -2.19. The summed E-state index contributed by atoms with van der Waals surface area (Å²) in [5.41, 5.74) is 8.11. The van der Waals surface area contributed by atoms with Crippen molar-refractivity contribution in [3.8, 4) is 0 Å². The second-order valence-corrected chi connectivity index (χ2v) is 10.4. The molecule has 11 nitrogen and oxygen atoms in total. The molecule has 0 unspecified atom stereocenters. The van der Waals surface area contributed by atoms with E-state index in [1.54, 1.807) is 23.9 Å². The minimum absolute atomic E-state index is 0.00249. The number of rotatable bonds is 10. The van der Waals surface area contributed by atoms with Crippen LogP contribution < -0.4 is 21.8 Å². The monoisotopic (exact) mass is 487 g/mol. The molecule has 2 rings (SSSR count). The predicted molar refractivity (Wildman–Crippen MR) is 119 cm³/mol. The number of hydrogen-bond acceptors (Lipinski definition) is 8. The maximum Gasteiger partial charge on any atom is 0.261 e. The van der Waals surface area contributed by atoms with Gasteiger partial charge in [0.1, 0.15) is 6.04 Å². The first-order chi connectivity index (χ1) is 15.1. The molecule has 3 amide bonds. The Bertz CT molecular complexity index is 925. The van der Waals surface area contributed by atoms with E-state index in [9.17, 15) is 22.8 Å². The van der Waals surface area contributed by atoms with Crippen molar-refractivity contribution in [3.05, 3.63) is 29.8 Å². The van der Waals surface area contributed by atoms with Crippen molar-refractivity contribution in [1.82, 2.24) is 20.4 Å². The Balaban J connectivity index is 2.03. The van der Waals surface area contributed by atoms with Gasteiger partial charge in [-0.1, -0.05) is 17.7 Å². The van der Waals surface area contributed by atoms with Crippen molar-refractivity contribution in [1.29, 1.82) is 0 Å². The number of benzene rings is 1. The van der Waals surface area contributed by atoms with Crippen LogP contribution in [0.2, 0.25) is 0 Å². The molecule has 3 atom stereocenters. The molecule has 0 radical (unpaired) electrons. The summed E-state index contributed by atoms with van der Waals surface area (Å²) >= 11 is 1.56. The maximum atomic E-state index is 13.1. The van der Waals surface area contributed by atoms with E-state index >= 15 is 0 Å². The van der Waals surface area contributed by atoms with Crippen LogP contribution in [-0.4, -0.2) is 78.9 Å². The van der Waals surface area contributed by atoms with Crippen LogP contribution in [0.5, 0.6) is 0 Å². The maximum absolute atomic E-state index is 13.1. The number of carbonyl (C=O) groups is 3. The molecule has 1 aliphatic heterocycles. The lowest BCUT2D eigenvalue weighted by atomic mass is 10.1. The predicted octanol–water partition coefficient (Wildman–Crippen LogP) is -1.06. The van der Waals surface area contributed by atoms with E-state index in [1.165, 1.54) is 17.6 Å². The third-order valence-corrected chi connectivity index (χ3v) is 7.59. The number of thioether (sulfide) groups is 1. The average Bonchev–Trinajstić information content (AvgIpc) is 3.20. The van der Waals surface area contributed by atoms with Crippen molar-refractivity contribution in [2.45, 2.75) is 42.8 Å².